The topological polar surface area (TPSA) is 52.2 Å². The van der Waals surface area contributed by atoms with Gasteiger partial charge in [-0.1, -0.05) is 26.0 Å². The molecule has 1 heterocycles. The third-order valence-corrected chi connectivity index (χ3v) is 3.92. The number of nitrogens with one attached hydrogen (secondary N) is 3. The monoisotopic (exact) mass is 428 g/mol. The van der Waals surface area contributed by atoms with E-state index in [-0.39, 0.29) is 24.0 Å². The minimum atomic E-state index is 0. The number of guanidine groups is 1. The molecule has 1 aromatic carbocycles. The van der Waals surface area contributed by atoms with E-state index < -0.39 is 0 Å². The molecule has 0 unspecified atom stereocenters. The summed E-state index contributed by atoms with van der Waals surface area (Å²) in [5.41, 5.74) is 3.90. The van der Waals surface area contributed by atoms with Gasteiger partial charge in [-0.15, -0.1) is 24.0 Å². The molecule has 3 N–H and O–H groups in total. The van der Waals surface area contributed by atoms with Gasteiger partial charge < -0.3 is 15.6 Å². The Kier molecular flexibility index (Phi) is 8.44. The average molecular weight is 428 g/mol. The van der Waals surface area contributed by atoms with Gasteiger partial charge in [0.05, 0.1) is 0 Å². The van der Waals surface area contributed by atoms with Crippen molar-refractivity contribution in [1.82, 2.24) is 15.6 Å². The van der Waals surface area contributed by atoms with Crippen LogP contribution in [0.2, 0.25) is 0 Å². The highest BCUT2D eigenvalue weighted by Crippen LogP contribution is 2.22. The molecule has 0 fully saturated rings. The van der Waals surface area contributed by atoms with E-state index in [0.717, 1.165) is 31.9 Å². The van der Waals surface area contributed by atoms with Gasteiger partial charge in [0.2, 0.25) is 0 Å². The van der Waals surface area contributed by atoms with Crippen LogP contribution in [-0.2, 0) is 6.42 Å². The van der Waals surface area contributed by atoms with Crippen LogP contribution in [0.3, 0.4) is 0 Å². The van der Waals surface area contributed by atoms with Crippen LogP contribution in [0, 0.1) is 12.8 Å². The summed E-state index contributed by atoms with van der Waals surface area (Å²) in [5, 5.41) is 8.10. The fraction of sp³-hybridized carbons (Fsp3) is 0.500. The van der Waals surface area contributed by atoms with Crippen molar-refractivity contribution in [3.8, 4) is 0 Å². The third kappa shape index (κ3) is 5.71. The van der Waals surface area contributed by atoms with Crippen LogP contribution in [0.4, 0.5) is 0 Å². The van der Waals surface area contributed by atoms with Gasteiger partial charge in [-0.25, -0.2) is 0 Å². The Morgan fingerprint density at radius 3 is 2.65 bits per heavy atom. The van der Waals surface area contributed by atoms with Crippen molar-refractivity contribution in [2.75, 3.05) is 20.1 Å². The van der Waals surface area contributed by atoms with Gasteiger partial charge in [0, 0.05) is 37.2 Å². The fourth-order valence-corrected chi connectivity index (χ4v) is 2.66. The summed E-state index contributed by atoms with van der Waals surface area (Å²) in [5.74, 6) is 1.59. The molecule has 0 saturated carbocycles. The number of aromatic amines is 1. The molecule has 0 radical (unpaired) electrons. The highest BCUT2D eigenvalue weighted by Gasteiger charge is 2.06. The first-order valence-electron chi connectivity index (χ1n) is 8.12. The van der Waals surface area contributed by atoms with Crippen molar-refractivity contribution in [3.05, 3.63) is 35.5 Å². The highest BCUT2D eigenvalue weighted by molar-refractivity contribution is 14.0. The van der Waals surface area contributed by atoms with Gasteiger partial charge in [-0.2, -0.15) is 0 Å². The minimum absolute atomic E-state index is 0. The molecular formula is C18H29IN4. The van der Waals surface area contributed by atoms with Crippen molar-refractivity contribution in [2.45, 2.75) is 33.6 Å². The molecule has 0 spiro atoms. The van der Waals surface area contributed by atoms with Crippen LogP contribution in [0.25, 0.3) is 10.9 Å². The third-order valence-electron chi connectivity index (χ3n) is 3.92. The average Bonchev–Trinajstić information content (AvgIpc) is 2.90. The summed E-state index contributed by atoms with van der Waals surface area (Å²) in [7, 11) is 1.82. The van der Waals surface area contributed by atoms with E-state index in [1.54, 1.807) is 0 Å². The summed E-state index contributed by atoms with van der Waals surface area (Å²) in [6, 6.07) is 6.39. The number of aliphatic imine (C=N–C) groups is 1. The Morgan fingerprint density at radius 2 is 1.96 bits per heavy atom. The predicted molar refractivity (Wildman–Crippen MR) is 111 cm³/mol. The molecule has 23 heavy (non-hydrogen) atoms. The second-order valence-electron chi connectivity index (χ2n) is 6.17. The standard InChI is InChI=1S/C18H28N4.HI/c1-13(2)8-10-20-18(19-4)21-11-9-15-12-22-16-7-5-6-14(3)17(15)16;/h5-7,12-13,22H,8-11H2,1-4H3,(H2,19,20,21);1H. The molecule has 2 rings (SSSR count). The number of hydrogen-bond donors (Lipinski definition) is 3. The molecule has 0 aliphatic heterocycles. The normalized spacial score (nSPS) is 11.6. The van der Waals surface area contributed by atoms with Crippen LogP contribution in [0.5, 0.6) is 0 Å². The summed E-state index contributed by atoms with van der Waals surface area (Å²) in [4.78, 5) is 7.62. The largest absolute Gasteiger partial charge is 0.361 e. The second kappa shape index (κ2) is 9.80. The first-order valence-corrected chi connectivity index (χ1v) is 8.12. The van der Waals surface area contributed by atoms with E-state index in [1.165, 1.54) is 22.0 Å². The van der Waals surface area contributed by atoms with Crippen molar-refractivity contribution in [3.63, 3.8) is 0 Å². The molecule has 0 saturated heterocycles. The van der Waals surface area contributed by atoms with Crippen molar-refractivity contribution >= 4 is 40.8 Å². The van der Waals surface area contributed by atoms with Crippen LogP contribution in [0.1, 0.15) is 31.4 Å². The molecule has 0 bridgehead atoms. The number of nitrogens with zero attached hydrogens (tertiary/aromatic N) is 1. The lowest BCUT2D eigenvalue weighted by atomic mass is 10.1. The number of rotatable bonds is 6. The SMILES string of the molecule is CN=C(NCCc1c[nH]c2cccc(C)c12)NCCC(C)C.I. The zero-order chi connectivity index (χ0) is 15.9. The number of fused-ring (bicyclic) bond motifs is 1. The molecule has 2 aromatic rings. The number of hydrogen-bond acceptors (Lipinski definition) is 1. The Hall–Kier alpha value is -1.24. The lowest BCUT2D eigenvalue weighted by Gasteiger charge is -2.12. The summed E-state index contributed by atoms with van der Waals surface area (Å²) < 4.78 is 0. The number of H-pyrrole nitrogens is 1. The Bertz CT molecular complexity index is 631. The first kappa shape index (κ1) is 19.8. The molecule has 5 heteroatoms. The maximum Gasteiger partial charge on any atom is 0.190 e. The van der Waals surface area contributed by atoms with Crippen LogP contribution in [-0.4, -0.2) is 31.1 Å². The lowest BCUT2D eigenvalue weighted by Crippen LogP contribution is -2.39. The molecule has 0 atom stereocenters. The molecule has 1 aromatic heterocycles. The summed E-state index contributed by atoms with van der Waals surface area (Å²) >= 11 is 0. The van der Waals surface area contributed by atoms with E-state index in [1.807, 2.05) is 7.05 Å². The molecule has 4 nitrogen and oxygen atoms in total. The van der Waals surface area contributed by atoms with E-state index >= 15 is 0 Å². The number of aryl methyl sites for hydroxylation is 1. The van der Waals surface area contributed by atoms with Crippen molar-refractivity contribution < 1.29 is 0 Å². The molecule has 0 aliphatic carbocycles. The van der Waals surface area contributed by atoms with Crippen LogP contribution >= 0.6 is 24.0 Å². The molecule has 128 valence electrons. The molecular weight excluding hydrogens is 399 g/mol. The Balaban J connectivity index is 0.00000264. The van der Waals surface area contributed by atoms with Gasteiger partial charge in [0.25, 0.3) is 0 Å². The lowest BCUT2D eigenvalue weighted by molar-refractivity contribution is 0.573. The van der Waals surface area contributed by atoms with Gasteiger partial charge in [0.15, 0.2) is 5.96 Å². The second-order valence-corrected chi connectivity index (χ2v) is 6.17. The van der Waals surface area contributed by atoms with Gasteiger partial charge in [0.1, 0.15) is 0 Å². The number of benzene rings is 1. The summed E-state index contributed by atoms with van der Waals surface area (Å²) in [6.07, 6.45) is 4.26. The first-order chi connectivity index (χ1) is 10.6. The minimum Gasteiger partial charge on any atom is -0.361 e. The van der Waals surface area contributed by atoms with E-state index in [0.29, 0.717) is 5.92 Å². The maximum absolute atomic E-state index is 4.27. The molecule has 0 aliphatic rings. The Labute approximate surface area is 156 Å². The fourth-order valence-electron chi connectivity index (χ4n) is 2.66. The van der Waals surface area contributed by atoms with Gasteiger partial charge in [-0.3, -0.25) is 4.99 Å². The van der Waals surface area contributed by atoms with Gasteiger partial charge in [-0.05, 0) is 42.9 Å². The quantitative estimate of drug-likeness (QED) is 0.372. The summed E-state index contributed by atoms with van der Waals surface area (Å²) in [6.45, 7) is 8.47. The maximum atomic E-state index is 4.27. The van der Waals surface area contributed by atoms with Gasteiger partial charge >= 0.3 is 0 Å². The zero-order valence-electron chi connectivity index (χ0n) is 14.6. The number of aromatic nitrogens is 1. The smallest absolute Gasteiger partial charge is 0.190 e. The van der Waals surface area contributed by atoms with E-state index in [4.69, 9.17) is 0 Å². The number of halogens is 1. The highest BCUT2D eigenvalue weighted by atomic mass is 127. The zero-order valence-corrected chi connectivity index (χ0v) is 16.9. The molecule has 0 amide bonds. The predicted octanol–water partition coefficient (Wildman–Crippen LogP) is 3.85. The van der Waals surface area contributed by atoms with Crippen molar-refractivity contribution in [2.24, 2.45) is 10.9 Å². The van der Waals surface area contributed by atoms with E-state index in [9.17, 15) is 0 Å². The van der Waals surface area contributed by atoms with Crippen LogP contribution in [0.15, 0.2) is 29.4 Å². The van der Waals surface area contributed by atoms with Crippen LogP contribution < -0.4 is 10.6 Å². The van der Waals surface area contributed by atoms with E-state index in [2.05, 4.69) is 65.8 Å². The van der Waals surface area contributed by atoms with Crippen molar-refractivity contribution in [1.29, 1.82) is 0 Å². The Morgan fingerprint density at radius 1 is 1.22 bits per heavy atom.